The first-order valence-corrected chi connectivity index (χ1v) is 21.2. The summed E-state index contributed by atoms with van der Waals surface area (Å²) in [6.07, 6.45) is 6.65. The second kappa shape index (κ2) is 11.0. The van der Waals surface area contributed by atoms with Crippen molar-refractivity contribution in [2.75, 3.05) is 4.90 Å². The third-order valence-corrected chi connectivity index (χ3v) is 12.8. The number of ether oxygens (including phenoxy) is 2. The van der Waals surface area contributed by atoms with Crippen LogP contribution in [0.1, 0.15) is 17.5 Å². The Morgan fingerprint density at radius 2 is 1.14 bits per heavy atom. The van der Waals surface area contributed by atoms with Gasteiger partial charge in [-0.3, -0.25) is 0 Å². The first-order valence-electron chi connectivity index (χ1n) is 17.7. The second-order valence-corrected chi connectivity index (χ2v) is 19.8. The van der Waals surface area contributed by atoms with Gasteiger partial charge in [-0.25, -0.2) is 0 Å². The number of benzene rings is 7. The molecule has 2 aliphatic heterocycles. The first kappa shape index (κ1) is 29.4. The zero-order chi connectivity index (χ0) is 33.6. The van der Waals surface area contributed by atoms with Gasteiger partial charge >= 0.3 is 0 Å². The maximum Gasteiger partial charge on any atom is 0.262 e. The summed E-state index contributed by atoms with van der Waals surface area (Å²) in [5.74, 6) is 3.73. The van der Waals surface area contributed by atoms with E-state index in [1.807, 2.05) is 0 Å². The van der Waals surface area contributed by atoms with Gasteiger partial charge in [-0.2, -0.15) is 0 Å². The maximum atomic E-state index is 7.18. The minimum absolute atomic E-state index is 0.0508. The molecule has 0 bridgehead atoms. The summed E-state index contributed by atoms with van der Waals surface area (Å²) >= 11 is 0. The van der Waals surface area contributed by atoms with Gasteiger partial charge in [0.15, 0.2) is 0 Å². The highest BCUT2D eigenvalue weighted by atomic mass is 28.3. The highest BCUT2D eigenvalue weighted by molar-refractivity contribution is 7.00. The minimum atomic E-state index is -1.74. The average molecular weight is 662 g/mol. The molecule has 7 aromatic rings. The van der Waals surface area contributed by atoms with Crippen LogP contribution in [0, 0.1) is 0 Å². The Labute approximate surface area is 294 Å². The summed E-state index contributed by atoms with van der Waals surface area (Å²) in [5, 5.41) is 6.19. The smallest absolute Gasteiger partial charge is 0.262 e. The van der Waals surface area contributed by atoms with E-state index in [9.17, 15) is 0 Å². The van der Waals surface area contributed by atoms with E-state index < -0.39 is 8.07 Å². The summed E-state index contributed by atoms with van der Waals surface area (Å²) < 4.78 is 14.3. The largest absolute Gasteiger partial charge is 0.458 e. The molecule has 3 aliphatic rings. The van der Waals surface area contributed by atoms with Crippen molar-refractivity contribution in [3.63, 3.8) is 0 Å². The predicted octanol–water partition coefficient (Wildman–Crippen LogP) is 9.69. The van der Waals surface area contributed by atoms with Crippen LogP contribution in [0.4, 0.5) is 17.1 Å². The standard InChI is InChI=1S/C45H36BNO2Si/c1-50(2,3)31-26-39-44-40(27-31)49-45-37-25-15-11-21-33(37)32-20-10-13-23-35(32)43(45)46(44)42-36-24-14-12-22-34(36)38(28-41(42)48-39)47(29-16-6-4-7-17-29)30-18-8-5-9-19-30/h4-11,13-21,23-28H,12,22H2,1-3H3. The third kappa shape index (κ3) is 4.36. The lowest BCUT2D eigenvalue weighted by Crippen LogP contribution is -2.59. The Hall–Kier alpha value is -5.52. The molecule has 50 heavy (non-hydrogen) atoms. The highest BCUT2D eigenvalue weighted by Gasteiger charge is 2.45. The number of para-hydroxylation sites is 2. The first-order chi connectivity index (χ1) is 24.5. The van der Waals surface area contributed by atoms with Crippen molar-refractivity contribution in [1.29, 1.82) is 0 Å². The van der Waals surface area contributed by atoms with Crippen molar-refractivity contribution in [3.8, 4) is 23.0 Å². The molecule has 10 rings (SSSR count). The lowest BCUT2D eigenvalue weighted by atomic mass is 9.33. The number of fused-ring (bicyclic) bond motifs is 11. The molecule has 3 nitrogen and oxygen atoms in total. The minimum Gasteiger partial charge on any atom is -0.458 e. The molecule has 0 atom stereocenters. The lowest BCUT2D eigenvalue weighted by molar-refractivity contribution is 0.468. The van der Waals surface area contributed by atoms with Crippen molar-refractivity contribution in [1.82, 2.24) is 0 Å². The van der Waals surface area contributed by atoms with Crippen molar-refractivity contribution in [2.24, 2.45) is 0 Å². The molecule has 2 heterocycles. The summed E-state index contributed by atoms with van der Waals surface area (Å²) in [6, 6.07) is 46.0. The van der Waals surface area contributed by atoms with E-state index in [0.717, 1.165) is 58.1 Å². The molecule has 0 N–H and O–H groups in total. The monoisotopic (exact) mass is 661 g/mol. The Bertz CT molecular complexity index is 2500. The molecular formula is C45H36BNO2Si. The summed E-state index contributed by atoms with van der Waals surface area (Å²) in [6.45, 7) is 7.13. The van der Waals surface area contributed by atoms with E-state index in [4.69, 9.17) is 9.47 Å². The number of hydrogen-bond acceptors (Lipinski definition) is 3. The summed E-state index contributed by atoms with van der Waals surface area (Å²) in [7, 11) is -1.74. The molecule has 0 saturated carbocycles. The van der Waals surface area contributed by atoms with E-state index in [0.29, 0.717) is 0 Å². The number of allylic oxidation sites excluding steroid dienone is 1. The van der Waals surface area contributed by atoms with Crippen LogP contribution in [-0.2, 0) is 6.42 Å². The van der Waals surface area contributed by atoms with Crippen LogP contribution >= 0.6 is 0 Å². The fraction of sp³-hybridized carbons (Fsp3) is 0.111. The van der Waals surface area contributed by atoms with Crippen molar-refractivity contribution >= 4 is 81.0 Å². The van der Waals surface area contributed by atoms with Gasteiger partial charge < -0.3 is 14.4 Å². The molecule has 5 heteroatoms. The Morgan fingerprint density at radius 3 is 1.80 bits per heavy atom. The normalized spacial score (nSPS) is 13.9. The SMILES string of the molecule is C[Si](C)(C)c1cc2c3c(c1)Oc1c(c4ccccc4c4ccccc14)B3c1c(cc(N(c3ccccc3)c3ccccc3)c3c1C=CCC3)O2. The summed E-state index contributed by atoms with van der Waals surface area (Å²) in [5.41, 5.74) is 9.65. The van der Waals surface area contributed by atoms with Crippen LogP contribution in [0.15, 0.2) is 133 Å². The fourth-order valence-electron chi connectivity index (χ4n) is 8.45. The van der Waals surface area contributed by atoms with Gasteiger partial charge in [0.1, 0.15) is 23.0 Å². The highest BCUT2D eigenvalue weighted by Crippen LogP contribution is 2.46. The second-order valence-electron chi connectivity index (χ2n) is 14.8. The fourth-order valence-corrected chi connectivity index (χ4v) is 9.58. The average Bonchev–Trinajstić information content (AvgIpc) is 3.15. The van der Waals surface area contributed by atoms with Crippen LogP contribution in [0.5, 0.6) is 23.0 Å². The molecule has 240 valence electrons. The molecule has 1 aliphatic carbocycles. The Kier molecular flexibility index (Phi) is 6.47. The van der Waals surface area contributed by atoms with Crippen LogP contribution in [-0.4, -0.2) is 14.8 Å². The molecule has 0 unspecified atom stereocenters. The number of rotatable bonds is 4. The molecule has 0 fully saturated rings. The number of anilines is 3. The van der Waals surface area contributed by atoms with Gasteiger partial charge in [-0.15, -0.1) is 0 Å². The van der Waals surface area contributed by atoms with Gasteiger partial charge in [0.05, 0.1) is 13.8 Å². The third-order valence-electron chi connectivity index (χ3n) is 10.8. The van der Waals surface area contributed by atoms with Gasteiger partial charge in [-0.1, -0.05) is 122 Å². The van der Waals surface area contributed by atoms with Gasteiger partial charge in [0, 0.05) is 28.3 Å². The predicted molar refractivity (Wildman–Crippen MR) is 214 cm³/mol. The Balaban J connectivity index is 1.33. The molecule has 7 aromatic carbocycles. The lowest BCUT2D eigenvalue weighted by Gasteiger charge is -2.38. The molecule has 0 aromatic heterocycles. The zero-order valence-corrected chi connectivity index (χ0v) is 29.5. The molecule has 0 saturated heterocycles. The maximum absolute atomic E-state index is 7.18. The van der Waals surface area contributed by atoms with Gasteiger partial charge in [0.2, 0.25) is 0 Å². The topological polar surface area (TPSA) is 21.7 Å². The van der Waals surface area contributed by atoms with Crippen molar-refractivity contribution in [3.05, 3.63) is 145 Å². The number of nitrogens with zero attached hydrogens (tertiary/aromatic N) is 1. The van der Waals surface area contributed by atoms with Crippen molar-refractivity contribution in [2.45, 2.75) is 32.5 Å². The molecule has 0 spiro atoms. The quantitative estimate of drug-likeness (QED) is 0.139. The van der Waals surface area contributed by atoms with Crippen LogP contribution < -0.4 is 35.9 Å². The van der Waals surface area contributed by atoms with E-state index in [1.165, 1.54) is 49.1 Å². The Morgan fingerprint density at radius 1 is 0.580 bits per heavy atom. The molecular weight excluding hydrogens is 625 g/mol. The van der Waals surface area contributed by atoms with E-state index in [2.05, 4.69) is 164 Å². The molecule has 0 radical (unpaired) electrons. The van der Waals surface area contributed by atoms with E-state index in [-0.39, 0.29) is 6.71 Å². The van der Waals surface area contributed by atoms with E-state index >= 15 is 0 Å². The van der Waals surface area contributed by atoms with Crippen molar-refractivity contribution < 1.29 is 9.47 Å². The zero-order valence-electron chi connectivity index (χ0n) is 28.5. The van der Waals surface area contributed by atoms with Gasteiger partial charge in [0.25, 0.3) is 6.71 Å². The molecule has 0 amide bonds. The van der Waals surface area contributed by atoms with Crippen LogP contribution in [0.3, 0.4) is 0 Å². The van der Waals surface area contributed by atoms with E-state index in [1.54, 1.807) is 0 Å². The summed E-state index contributed by atoms with van der Waals surface area (Å²) in [4.78, 5) is 2.40. The van der Waals surface area contributed by atoms with Crippen LogP contribution in [0.2, 0.25) is 19.6 Å². The van der Waals surface area contributed by atoms with Crippen LogP contribution in [0.25, 0.3) is 27.6 Å². The number of hydrogen-bond donors (Lipinski definition) is 0. The van der Waals surface area contributed by atoms with Gasteiger partial charge in [-0.05, 0) is 87.5 Å².